The van der Waals surface area contributed by atoms with Crippen molar-refractivity contribution in [1.29, 1.82) is 0 Å². The van der Waals surface area contributed by atoms with Gasteiger partial charge in [0.2, 0.25) is 0 Å². The summed E-state index contributed by atoms with van der Waals surface area (Å²) in [6.45, 7) is 0.477. The predicted molar refractivity (Wildman–Crippen MR) is 46.4 cm³/mol. The number of carbonyl (C=O) groups excluding carboxylic acids is 1. The molecule has 0 bridgehead atoms. The predicted octanol–water partition coefficient (Wildman–Crippen LogP) is 1.35. The van der Waals surface area contributed by atoms with E-state index in [1.165, 1.54) is 0 Å². The van der Waals surface area contributed by atoms with Crippen LogP contribution in [-0.2, 0) is 4.74 Å². The number of carbonyl (C=O) groups is 1. The molecular formula is C5H11NO2S2. The average Bonchev–Trinajstić information content (AvgIpc) is 1.98. The van der Waals surface area contributed by atoms with Crippen molar-refractivity contribution in [2.45, 2.75) is 0 Å². The first-order chi connectivity index (χ1) is 4.81. The van der Waals surface area contributed by atoms with Crippen molar-refractivity contribution < 1.29 is 9.53 Å². The van der Waals surface area contributed by atoms with E-state index < -0.39 is 0 Å². The second kappa shape index (κ2) is 7.08. The molecule has 0 rings (SSSR count). The molecule has 0 aliphatic carbocycles. The van der Waals surface area contributed by atoms with Gasteiger partial charge in [0, 0.05) is 12.8 Å². The molecule has 10 heavy (non-hydrogen) atoms. The summed E-state index contributed by atoms with van der Waals surface area (Å²) in [5, 5.41) is 2.36. The number of amides is 1. The normalized spacial score (nSPS) is 9.00. The molecule has 3 nitrogen and oxygen atoms in total. The van der Waals surface area contributed by atoms with Gasteiger partial charge in [-0.2, -0.15) is 0 Å². The van der Waals surface area contributed by atoms with Crippen molar-refractivity contribution in [1.82, 2.24) is 5.32 Å². The minimum atomic E-state index is -0.360. The van der Waals surface area contributed by atoms with E-state index in [1.807, 2.05) is 6.26 Å². The third-order valence-electron chi connectivity index (χ3n) is 0.722. The Kier molecular flexibility index (Phi) is 7.06. The third kappa shape index (κ3) is 6.10. The highest BCUT2D eigenvalue weighted by Gasteiger charge is 1.94. The van der Waals surface area contributed by atoms with Crippen LogP contribution in [0.25, 0.3) is 0 Å². The van der Waals surface area contributed by atoms with Gasteiger partial charge in [0.05, 0.1) is 0 Å². The summed E-state index contributed by atoms with van der Waals surface area (Å²) in [5.41, 5.74) is 0. The molecule has 0 fully saturated rings. The first kappa shape index (κ1) is 9.97. The monoisotopic (exact) mass is 181 g/mol. The molecule has 0 saturated heterocycles. The van der Waals surface area contributed by atoms with Crippen LogP contribution in [0, 0.1) is 0 Å². The molecule has 0 unspecified atom stereocenters. The van der Waals surface area contributed by atoms with E-state index in [4.69, 9.17) is 4.74 Å². The zero-order valence-corrected chi connectivity index (χ0v) is 7.68. The van der Waals surface area contributed by atoms with Gasteiger partial charge in [-0.05, 0) is 6.26 Å². The molecule has 5 heteroatoms. The summed E-state index contributed by atoms with van der Waals surface area (Å²) in [6.07, 6.45) is 1.63. The molecule has 1 amide bonds. The molecule has 0 aromatic rings. The van der Waals surface area contributed by atoms with E-state index in [9.17, 15) is 4.79 Å². The van der Waals surface area contributed by atoms with Crippen molar-refractivity contribution >= 4 is 27.7 Å². The zero-order valence-electron chi connectivity index (χ0n) is 6.05. The third-order valence-corrected chi connectivity index (χ3v) is 2.50. The van der Waals surface area contributed by atoms with Crippen LogP contribution in [0.1, 0.15) is 0 Å². The Morgan fingerprint density at radius 2 is 2.40 bits per heavy atom. The standard InChI is InChI=1S/C5H11NO2S2/c1-6-5(7)8-3-4-10-9-2/h3-4H2,1-2H3,(H,6,7). The number of rotatable bonds is 4. The van der Waals surface area contributed by atoms with Gasteiger partial charge in [-0.15, -0.1) is 0 Å². The van der Waals surface area contributed by atoms with Gasteiger partial charge in [-0.1, -0.05) is 21.6 Å². The highest BCUT2D eigenvalue weighted by atomic mass is 33.1. The van der Waals surface area contributed by atoms with Gasteiger partial charge in [0.15, 0.2) is 0 Å². The summed E-state index contributed by atoms with van der Waals surface area (Å²) >= 11 is 0. The molecule has 0 atom stereocenters. The summed E-state index contributed by atoms with van der Waals surface area (Å²) in [7, 11) is 4.88. The Balaban J connectivity index is 2.96. The minimum absolute atomic E-state index is 0.360. The van der Waals surface area contributed by atoms with Crippen molar-refractivity contribution in [3.63, 3.8) is 0 Å². The highest BCUT2D eigenvalue weighted by molar-refractivity contribution is 8.76. The van der Waals surface area contributed by atoms with Crippen molar-refractivity contribution in [2.75, 3.05) is 25.7 Å². The molecule has 0 radical (unpaired) electrons. The molecule has 60 valence electrons. The van der Waals surface area contributed by atoms with Crippen LogP contribution in [-0.4, -0.2) is 31.8 Å². The lowest BCUT2D eigenvalue weighted by Crippen LogP contribution is -2.20. The number of ether oxygens (including phenoxy) is 1. The van der Waals surface area contributed by atoms with Gasteiger partial charge >= 0.3 is 6.09 Å². The maximum absolute atomic E-state index is 10.4. The molecule has 0 spiro atoms. The van der Waals surface area contributed by atoms with Gasteiger partial charge in [-0.3, -0.25) is 0 Å². The van der Waals surface area contributed by atoms with E-state index in [2.05, 4.69) is 5.32 Å². The van der Waals surface area contributed by atoms with Crippen LogP contribution in [0.4, 0.5) is 4.79 Å². The Morgan fingerprint density at radius 3 is 2.90 bits per heavy atom. The van der Waals surface area contributed by atoms with E-state index in [1.54, 1.807) is 28.6 Å². The molecule has 0 aliphatic rings. The largest absolute Gasteiger partial charge is 0.449 e. The minimum Gasteiger partial charge on any atom is -0.449 e. The van der Waals surface area contributed by atoms with Crippen LogP contribution in [0.3, 0.4) is 0 Å². The van der Waals surface area contributed by atoms with Crippen LogP contribution >= 0.6 is 21.6 Å². The van der Waals surface area contributed by atoms with Gasteiger partial charge < -0.3 is 10.1 Å². The second-order valence-corrected chi connectivity index (χ2v) is 4.06. The Bertz CT molecular complexity index is 99.6. The average molecular weight is 181 g/mol. The molecule has 0 aromatic heterocycles. The summed E-state index contributed by atoms with van der Waals surface area (Å²) in [6, 6.07) is 0. The molecular weight excluding hydrogens is 170 g/mol. The fourth-order valence-corrected chi connectivity index (χ4v) is 1.35. The zero-order chi connectivity index (χ0) is 7.82. The van der Waals surface area contributed by atoms with Crippen LogP contribution in [0.15, 0.2) is 0 Å². The first-order valence-electron chi connectivity index (χ1n) is 2.81. The molecule has 0 aliphatic heterocycles. The fraction of sp³-hybridized carbons (Fsp3) is 0.800. The van der Waals surface area contributed by atoms with E-state index in [0.717, 1.165) is 5.75 Å². The van der Waals surface area contributed by atoms with Crippen LogP contribution < -0.4 is 5.32 Å². The lowest BCUT2D eigenvalue weighted by Gasteiger charge is -2.00. The number of alkyl carbamates (subject to hydrolysis) is 1. The van der Waals surface area contributed by atoms with E-state index in [-0.39, 0.29) is 6.09 Å². The van der Waals surface area contributed by atoms with Crippen LogP contribution in [0.5, 0.6) is 0 Å². The molecule has 0 aromatic carbocycles. The molecule has 0 saturated carbocycles. The topological polar surface area (TPSA) is 38.3 Å². The lowest BCUT2D eigenvalue weighted by molar-refractivity contribution is 0.155. The second-order valence-electron chi connectivity index (χ2n) is 1.37. The number of hydrogen-bond donors (Lipinski definition) is 1. The maximum atomic E-state index is 10.4. The summed E-state index contributed by atoms with van der Waals surface area (Å²) in [4.78, 5) is 10.4. The van der Waals surface area contributed by atoms with Crippen molar-refractivity contribution in [3.05, 3.63) is 0 Å². The lowest BCUT2D eigenvalue weighted by atomic mass is 10.8. The van der Waals surface area contributed by atoms with Crippen LogP contribution in [0.2, 0.25) is 0 Å². The quantitative estimate of drug-likeness (QED) is 0.525. The Morgan fingerprint density at radius 1 is 1.70 bits per heavy atom. The summed E-state index contributed by atoms with van der Waals surface area (Å²) in [5.74, 6) is 0.842. The van der Waals surface area contributed by atoms with Gasteiger partial charge in [0.25, 0.3) is 0 Å². The van der Waals surface area contributed by atoms with E-state index >= 15 is 0 Å². The number of hydrogen-bond acceptors (Lipinski definition) is 4. The molecule has 0 heterocycles. The van der Waals surface area contributed by atoms with Crippen molar-refractivity contribution in [2.24, 2.45) is 0 Å². The van der Waals surface area contributed by atoms with Gasteiger partial charge in [-0.25, -0.2) is 4.79 Å². The van der Waals surface area contributed by atoms with E-state index in [0.29, 0.717) is 6.61 Å². The Labute approximate surface area is 68.7 Å². The van der Waals surface area contributed by atoms with Crippen molar-refractivity contribution in [3.8, 4) is 0 Å². The smallest absolute Gasteiger partial charge is 0.406 e. The highest BCUT2D eigenvalue weighted by Crippen LogP contribution is 2.15. The SMILES string of the molecule is CNC(=O)OCCSSC. The summed E-state index contributed by atoms with van der Waals surface area (Å²) < 4.78 is 4.71. The fourth-order valence-electron chi connectivity index (χ4n) is 0.324. The number of nitrogens with one attached hydrogen (secondary N) is 1. The van der Waals surface area contributed by atoms with Gasteiger partial charge in [0.1, 0.15) is 6.61 Å². The first-order valence-corrected chi connectivity index (χ1v) is 5.54. The Hall–Kier alpha value is -0.0300. The molecule has 1 N–H and O–H groups in total. The maximum Gasteiger partial charge on any atom is 0.406 e.